The molecule has 1 heterocycles. The zero-order valence-electron chi connectivity index (χ0n) is 15.4. The molecule has 152 valence electrons. The van der Waals surface area contributed by atoms with Crippen LogP contribution >= 0.6 is 11.6 Å². The van der Waals surface area contributed by atoms with Gasteiger partial charge < -0.3 is 4.52 Å². The lowest BCUT2D eigenvalue weighted by Crippen LogP contribution is -2.28. The van der Waals surface area contributed by atoms with Crippen LogP contribution in [0.25, 0.3) is 11.4 Å². The number of halogens is 1. The summed E-state index contributed by atoms with van der Waals surface area (Å²) >= 11 is 5.86. The zero-order chi connectivity index (χ0) is 21.0. The summed E-state index contributed by atoms with van der Waals surface area (Å²) < 4.78 is 31.5. The van der Waals surface area contributed by atoms with E-state index in [4.69, 9.17) is 16.1 Å². The molecule has 0 unspecified atom stereocenters. The molecule has 0 amide bonds. The molecule has 0 N–H and O–H groups in total. The second-order valence-corrected chi connectivity index (χ2v) is 8.68. The first-order chi connectivity index (χ1) is 13.8. The normalized spacial score (nSPS) is 11.7. The van der Waals surface area contributed by atoms with Crippen LogP contribution in [0.2, 0.25) is 5.02 Å². The van der Waals surface area contributed by atoms with Crippen molar-refractivity contribution >= 4 is 27.3 Å². The number of nitrogens with zero attached hydrogens (tertiary/aromatic N) is 4. The Hall–Kier alpha value is -2.82. The molecule has 0 saturated carbocycles. The smallest absolute Gasteiger partial charge is 0.269 e. The van der Waals surface area contributed by atoms with Gasteiger partial charge in [-0.25, -0.2) is 12.7 Å². The number of benzene rings is 2. The molecule has 0 fully saturated rings. The van der Waals surface area contributed by atoms with Crippen molar-refractivity contribution in [2.45, 2.75) is 17.7 Å². The van der Waals surface area contributed by atoms with Crippen molar-refractivity contribution in [2.24, 2.45) is 0 Å². The maximum Gasteiger partial charge on any atom is 0.269 e. The van der Waals surface area contributed by atoms with Crippen LogP contribution in [0, 0.1) is 10.1 Å². The van der Waals surface area contributed by atoms with Crippen LogP contribution in [-0.2, 0) is 16.4 Å². The maximum atomic E-state index is 12.6. The lowest BCUT2D eigenvalue weighted by atomic mass is 10.2. The van der Waals surface area contributed by atoms with Crippen molar-refractivity contribution in [2.75, 3.05) is 13.6 Å². The average molecular weight is 437 g/mol. The summed E-state index contributed by atoms with van der Waals surface area (Å²) in [6, 6.07) is 11.8. The van der Waals surface area contributed by atoms with E-state index in [1.165, 1.54) is 23.5 Å². The van der Waals surface area contributed by atoms with Gasteiger partial charge in [0, 0.05) is 42.7 Å². The number of aromatic nitrogens is 2. The first-order valence-corrected chi connectivity index (χ1v) is 10.4. The second-order valence-electron chi connectivity index (χ2n) is 6.20. The monoisotopic (exact) mass is 436 g/mol. The molecule has 0 aliphatic carbocycles. The van der Waals surface area contributed by atoms with E-state index in [1.54, 1.807) is 24.3 Å². The van der Waals surface area contributed by atoms with Gasteiger partial charge in [-0.2, -0.15) is 4.98 Å². The predicted octanol–water partition coefficient (Wildman–Crippen LogP) is 3.55. The van der Waals surface area contributed by atoms with E-state index in [2.05, 4.69) is 10.1 Å². The van der Waals surface area contributed by atoms with Crippen molar-refractivity contribution < 1.29 is 17.9 Å². The van der Waals surface area contributed by atoms with Gasteiger partial charge in [0.1, 0.15) is 0 Å². The molecule has 11 heteroatoms. The van der Waals surface area contributed by atoms with E-state index in [-0.39, 0.29) is 17.1 Å². The molecule has 3 rings (SSSR count). The standard InChI is InChI=1S/C18H17ClN4O5S/c1-22(29(26,27)16-10-8-15(9-11-16)23(24)25)12-2-3-17-20-18(21-28-17)13-4-6-14(19)7-5-13/h4-11H,2-3,12H2,1H3. The summed E-state index contributed by atoms with van der Waals surface area (Å²) in [6.45, 7) is 0.220. The van der Waals surface area contributed by atoms with Crippen LogP contribution < -0.4 is 0 Å². The summed E-state index contributed by atoms with van der Waals surface area (Å²) in [7, 11) is -2.30. The Labute approximate surface area is 172 Å². The molecular formula is C18H17ClN4O5S. The lowest BCUT2D eigenvalue weighted by Gasteiger charge is -2.16. The Bertz CT molecular complexity index is 1100. The second kappa shape index (κ2) is 8.68. The van der Waals surface area contributed by atoms with E-state index < -0.39 is 14.9 Å². The van der Waals surface area contributed by atoms with Crippen LogP contribution in [0.5, 0.6) is 0 Å². The van der Waals surface area contributed by atoms with Gasteiger partial charge in [-0.15, -0.1) is 0 Å². The molecule has 1 aromatic heterocycles. The minimum absolute atomic E-state index is 0.00610. The molecule has 0 spiro atoms. The number of sulfonamides is 1. The van der Waals surface area contributed by atoms with Crippen molar-refractivity contribution in [1.29, 1.82) is 0 Å². The van der Waals surface area contributed by atoms with E-state index in [0.29, 0.717) is 29.6 Å². The fourth-order valence-electron chi connectivity index (χ4n) is 2.57. The molecule has 0 radical (unpaired) electrons. The van der Waals surface area contributed by atoms with Crippen molar-refractivity contribution in [3.05, 3.63) is 69.6 Å². The highest BCUT2D eigenvalue weighted by Gasteiger charge is 2.21. The van der Waals surface area contributed by atoms with Gasteiger partial charge in [0.2, 0.25) is 21.7 Å². The Balaban J connectivity index is 1.58. The fourth-order valence-corrected chi connectivity index (χ4v) is 3.90. The van der Waals surface area contributed by atoms with Gasteiger partial charge in [0.05, 0.1) is 9.82 Å². The molecule has 0 aliphatic rings. The third kappa shape index (κ3) is 4.97. The van der Waals surface area contributed by atoms with Crippen molar-refractivity contribution in [1.82, 2.24) is 14.4 Å². The van der Waals surface area contributed by atoms with E-state index in [1.807, 2.05) is 0 Å². The third-order valence-electron chi connectivity index (χ3n) is 4.19. The van der Waals surface area contributed by atoms with Gasteiger partial charge in [-0.05, 0) is 42.8 Å². The van der Waals surface area contributed by atoms with Crippen LogP contribution in [0.4, 0.5) is 5.69 Å². The van der Waals surface area contributed by atoms with Crippen LogP contribution in [-0.4, -0.2) is 41.4 Å². The molecule has 3 aromatic rings. The van der Waals surface area contributed by atoms with E-state index in [0.717, 1.165) is 17.7 Å². The lowest BCUT2D eigenvalue weighted by molar-refractivity contribution is -0.384. The highest BCUT2D eigenvalue weighted by molar-refractivity contribution is 7.89. The van der Waals surface area contributed by atoms with Gasteiger partial charge in [-0.3, -0.25) is 10.1 Å². The minimum atomic E-state index is -3.75. The maximum absolute atomic E-state index is 12.6. The number of rotatable bonds is 8. The highest BCUT2D eigenvalue weighted by Crippen LogP contribution is 2.20. The summed E-state index contributed by atoms with van der Waals surface area (Å²) in [5.74, 6) is 0.833. The van der Waals surface area contributed by atoms with Gasteiger partial charge in [-0.1, -0.05) is 16.8 Å². The van der Waals surface area contributed by atoms with Gasteiger partial charge in [0.25, 0.3) is 5.69 Å². The Morgan fingerprint density at radius 2 is 1.79 bits per heavy atom. The summed E-state index contributed by atoms with van der Waals surface area (Å²) in [5, 5.41) is 15.2. The van der Waals surface area contributed by atoms with E-state index >= 15 is 0 Å². The highest BCUT2D eigenvalue weighted by atomic mass is 35.5. The summed E-state index contributed by atoms with van der Waals surface area (Å²) in [4.78, 5) is 14.4. The third-order valence-corrected chi connectivity index (χ3v) is 6.31. The number of nitro benzene ring substituents is 1. The first kappa shape index (κ1) is 20.9. The Morgan fingerprint density at radius 3 is 2.41 bits per heavy atom. The molecule has 0 bridgehead atoms. The fraction of sp³-hybridized carbons (Fsp3) is 0.222. The molecule has 2 aromatic carbocycles. The molecule has 0 aliphatic heterocycles. The van der Waals surface area contributed by atoms with Crippen LogP contribution in [0.15, 0.2) is 57.9 Å². The van der Waals surface area contributed by atoms with Crippen molar-refractivity contribution in [3.63, 3.8) is 0 Å². The molecule has 9 nitrogen and oxygen atoms in total. The Kier molecular flexibility index (Phi) is 6.26. The topological polar surface area (TPSA) is 119 Å². The molecular weight excluding hydrogens is 420 g/mol. The van der Waals surface area contributed by atoms with Gasteiger partial charge in [0.15, 0.2) is 0 Å². The zero-order valence-corrected chi connectivity index (χ0v) is 16.9. The largest absolute Gasteiger partial charge is 0.339 e. The quantitative estimate of drug-likeness (QED) is 0.391. The number of nitro groups is 1. The number of hydrogen-bond acceptors (Lipinski definition) is 7. The van der Waals surface area contributed by atoms with Gasteiger partial charge >= 0.3 is 0 Å². The number of hydrogen-bond donors (Lipinski definition) is 0. The first-order valence-electron chi connectivity index (χ1n) is 8.57. The number of aryl methyl sites for hydroxylation is 1. The number of non-ortho nitro benzene ring substituents is 1. The molecule has 29 heavy (non-hydrogen) atoms. The average Bonchev–Trinajstić information content (AvgIpc) is 3.17. The Morgan fingerprint density at radius 1 is 1.14 bits per heavy atom. The predicted molar refractivity (Wildman–Crippen MR) is 106 cm³/mol. The van der Waals surface area contributed by atoms with E-state index in [9.17, 15) is 18.5 Å². The van der Waals surface area contributed by atoms with Crippen LogP contribution in [0.1, 0.15) is 12.3 Å². The molecule has 0 atom stereocenters. The summed E-state index contributed by atoms with van der Waals surface area (Å²) in [5.41, 5.74) is 0.599. The van der Waals surface area contributed by atoms with Crippen LogP contribution in [0.3, 0.4) is 0 Å². The molecule has 0 saturated heterocycles. The van der Waals surface area contributed by atoms with Crippen molar-refractivity contribution in [3.8, 4) is 11.4 Å². The summed E-state index contributed by atoms with van der Waals surface area (Å²) in [6.07, 6.45) is 0.867. The SMILES string of the molecule is CN(CCCc1nc(-c2ccc(Cl)cc2)no1)S(=O)(=O)c1ccc([N+](=O)[O-])cc1. The minimum Gasteiger partial charge on any atom is -0.339 e.